The fourth-order valence-electron chi connectivity index (χ4n) is 1.93. The van der Waals surface area contributed by atoms with Gasteiger partial charge in [-0.2, -0.15) is 0 Å². The van der Waals surface area contributed by atoms with Crippen molar-refractivity contribution in [2.45, 2.75) is 13.8 Å². The van der Waals surface area contributed by atoms with E-state index in [1.807, 2.05) is 50.2 Å². The second kappa shape index (κ2) is 6.02. The maximum absolute atomic E-state index is 12.6. The van der Waals surface area contributed by atoms with Crippen LogP contribution in [0.2, 0.25) is 0 Å². The van der Waals surface area contributed by atoms with Gasteiger partial charge in [0.1, 0.15) is 5.75 Å². The largest absolute Gasteiger partial charge is 0.493 e. The lowest BCUT2D eigenvalue weighted by atomic mass is 9.98. The summed E-state index contributed by atoms with van der Waals surface area (Å²) >= 11 is 3.45. The highest BCUT2D eigenvalue weighted by Crippen LogP contribution is 2.26. The van der Waals surface area contributed by atoms with Crippen LogP contribution in [-0.2, 0) is 0 Å². The number of benzene rings is 2. The van der Waals surface area contributed by atoms with E-state index in [1.165, 1.54) is 0 Å². The van der Waals surface area contributed by atoms with Gasteiger partial charge in [-0.05, 0) is 37.6 Å². The Morgan fingerprint density at radius 1 is 1.11 bits per heavy atom. The van der Waals surface area contributed by atoms with Gasteiger partial charge in [0.25, 0.3) is 0 Å². The van der Waals surface area contributed by atoms with Gasteiger partial charge in [0.2, 0.25) is 0 Å². The lowest BCUT2D eigenvalue weighted by Gasteiger charge is -2.11. The third-order valence-electron chi connectivity index (χ3n) is 2.94. The third kappa shape index (κ3) is 2.87. The Morgan fingerprint density at radius 3 is 2.53 bits per heavy atom. The normalized spacial score (nSPS) is 10.3. The standard InChI is InChI=1S/C16H15BrO2/c1-3-19-15-10-5-4-7-13(15)16(18)12-8-6-9-14(17)11(12)2/h4-10H,3H2,1-2H3. The molecule has 0 bridgehead atoms. The van der Waals surface area contributed by atoms with Gasteiger partial charge in [-0.3, -0.25) is 4.79 Å². The first-order chi connectivity index (χ1) is 9.15. The summed E-state index contributed by atoms with van der Waals surface area (Å²) in [5, 5.41) is 0. The number of rotatable bonds is 4. The van der Waals surface area contributed by atoms with Crippen LogP contribution in [-0.4, -0.2) is 12.4 Å². The number of hydrogen-bond donors (Lipinski definition) is 0. The number of para-hydroxylation sites is 1. The molecule has 0 aliphatic rings. The summed E-state index contributed by atoms with van der Waals surface area (Å²) in [5.74, 6) is 0.622. The summed E-state index contributed by atoms with van der Waals surface area (Å²) in [5.41, 5.74) is 2.24. The number of halogens is 1. The van der Waals surface area contributed by atoms with Crippen molar-refractivity contribution in [2.75, 3.05) is 6.61 Å². The van der Waals surface area contributed by atoms with Crippen molar-refractivity contribution in [1.82, 2.24) is 0 Å². The van der Waals surface area contributed by atoms with E-state index in [1.54, 1.807) is 6.07 Å². The molecule has 2 aromatic rings. The zero-order valence-corrected chi connectivity index (χ0v) is 12.5. The molecule has 2 aromatic carbocycles. The zero-order valence-electron chi connectivity index (χ0n) is 10.9. The highest BCUT2D eigenvalue weighted by Gasteiger charge is 2.16. The summed E-state index contributed by atoms with van der Waals surface area (Å²) in [6.07, 6.45) is 0. The van der Waals surface area contributed by atoms with E-state index in [0.29, 0.717) is 23.5 Å². The molecule has 3 heteroatoms. The predicted molar refractivity (Wildman–Crippen MR) is 79.9 cm³/mol. The molecule has 0 aliphatic heterocycles. The molecule has 0 saturated heterocycles. The predicted octanol–water partition coefficient (Wildman–Crippen LogP) is 4.39. The van der Waals surface area contributed by atoms with E-state index in [0.717, 1.165) is 10.0 Å². The van der Waals surface area contributed by atoms with Crippen LogP contribution >= 0.6 is 15.9 Å². The molecule has 0 N–H and O–H groups in total. The molecular weight excluding hydrogens is 304 g/mol. The Bertz CT molecular complexity index is 605. The minimum absolute atomic E-state index is 0.0112. The summed E-state index contributed by atoms with van der Waals surface area (Å²) < 4.78 is 6.45. The number of carbonyl (C=O) groups excluding carboxylic acids is 1. The van der Waals surface area contributed by atoms with Gasteiger partial charge in [0.05, 0.1) is 12.2 Å². The minimum atomic E-state index is -0.0112. The Balaban J connectivity index is 2.47. The Kier molecular flexibility index (Phi) is 4.38. The number of ketones is 1. The van der Waals surface area contributed by atoms with Gasteiger partial charge in [-0.15, -0.1) is 0 Å². The molecular formula is C16H15BrO2. The van der Waals surface area contributed by atoms with Crippen LogP contribution in [0.25, 0.3) is 0 Å². The maximum Gasteiger partial charge on any atom is 0.197 e. The van der Waals surface area contributed by atoms with Gasteiger partial charge in [-0.1, -0.05) is 40.2 Å². The van der Waals surface area contributed by atoms with Crippen LogP contribution < -0.4 is 4.74 Å². The van der Waals surface area contributed by atoms with Crippen LogP contribution in [0.5, 0.6) is 5.75 Å². The summed E-state index contributed by atoms with van der Waals surface area (Å²) in [6, 6.07) is 13.0. The lowest BCUT2D eigenvalue weighted by Crippen LogP contribution is -2.07. The maximum atomic E-state index is 12.6. The van der Waals surface area contributed by atoms with Crippen molar-refractivity contribution in [3.8, 4) is 5.75 Å². The second-order valence-corrected chi connectivity index (χ2v) is 5.03. The molecule has 0 amide bonds. The lowest BCUT2D eigenvalue weighted by molar-refractivity contribution is 0.103. The van der Waals surface area contributed by atoms with E-state index in [2.05, 4.69) is 15.9 Å². The van der Waals surface area contributed by atoms with Crippen LogP contribution in [0, 0.1) is 6.92 Å². The van der Waals surface area contributed by atoms with Gasteiger partial charge >= 0.3 is 0 Å². The highest BCUT2D eigenvalue weighted by molar-refractivity contribution is 9.10. The molecule has 0 radical (unpaired) electrons. The smallest absolute Gasteiger partial charge is 0.197 e. The van der Waals surface area contributed by atoms with E-state index in [-0.39, 0.29) is 5.78 Å². The number of carbonyl (C=O) groups is 1. The average molecular weight is 319 g/mol. The van der Waals surface area contributed by atoms with Crippen molar-refractivity contribution in [3.05, 3.63) is 63.6 Å². The average Bonchev–Trinajstić information content (AvgIpc) is 2.42. The first kappa shape index (κ1) is 13.8. The quantitative estimate of drug-likeness (QED) is 0.782. The molecule has 19 heavy (non-hydrogen) atoms. The molecule has 0 heterocycles. The highest BCUT2D eigenvalue weighted by atomic mass is 79.9. The summed E-state index contributed by atoms with van der Waals surface area (Å²) in [6.45, 7) is 4.38. The van der Waals surface area contributed by atoms with Gasteiger partial charge in [0.15, 0.2) is 5.78 Å². The first-order valence-electron chi connectivity index (χ1n) is 6.16. The van der Waals surface area contributed by atoms with E-state index in [4.69, 9.17) is 4.74 Å². The zero-order chi connectivity index (χ0) is 13.8. The van der Waals surface area contributed by atoms with Crippen molar-refractivity contribution in [3.63, 3.8) is 0 Å². The monoisotopic (exact) mass is 318 g/mol. The Hall–Kier alpha value is -1.61. The fraction of sp³-hybridized carbons (Fsp3) is 0.188. The summed E-state index contributed by atoms with van der Waals surface area (Å²) in [7, 11) is 0. The fourth-order valence-corrected chi connectivity index (χ4v) is 2.30. The molecule has 2 rings (SSSR count). The molecule has 0 saturated carbocycles. The number of hydrogen-bond acceptors (Lipinski definition) is 2. The third-order valence-corrected chi connectivity index (χ3v) is 3.80. The SMILES string of the molecule is CCOc1ccccc1C(=O)c1cccc(Br)c1C. The van der Waals surface area contributed by atoms with E-state index in [9.17, 15) is 4.79 Å². The molecule has 0 unspecified atom stereocenters. The van der Waals surface area contributed by atoms with Crippen LogP contribution in [0.4, 0.5) is 0 Å². The topological polar surface area (TPSA) is 26.3 Å². The molecule has 0 fully saturated rings. The molecule has 98 valence electrons. The van der Waals surface area contributed by atoms with Gasteiger partial charge in [-0.25, -0.2) is 0 Å². The summed E-state index contributed by atoms with van der Waals surface area (Å²) in [4.78, 5) is 12.6. The Morgan fingerprint density at radius 2 is 1.79 bits per heavy atom. The number of ether oxygens (including phenoxy) is 1. The van der Waals surface area contributed by atoms with Crippen molar-refractivity contribution >= 4 is 21.7 Å². The van der Waals surface area contributed by atoms with Crippen LogP contribution in [0.1, 0.15) is 28.4 Å². The molecule has 0 spiro atoms. The van der Waals surface area contributed by atoms with Crippen molar-refractivity contribution in [1.29, 1.82) is 0 Å². The molecule has 0 aliphatic carbocycles. The van der Waals surface area contributed by atoms with Gasteiger partial charge < -0.3 is 4.74 Å². The van der Waals surface area contributed by atoms with E-state index < -0.39 is 0 Å². The molecule has 0 atom stereocenters. The van der Waals surface area contributed by atoms with Crippen LogP contribution in [0.15, 0.2) is 46.9 Å². The second-order valence-electron chi connectivity index (χ2n) is 4.17. The van der Waals surface area contributed by atoms with Crippen molar-refractivity contribution in [2.24, 2.45) is 0 Å². The Labute approximate surface area is 121 Å². The van der Waals surface area contributed by atoms with Crippen LogP contribution in [0.3, 0.4) is 0 Å². The first-order valence-corrected chi connectivity index (χ1v) is 6.96. The molecule has 2 nitrogen and oxygen atoms in total. The van der Waals surface area contributed by atoms with Gasteiger partial charge in [0, 0.05) is 10.0 Å². The minimum Gasteiger partial charge on any atom is -0.493 e. The van der Waals surface area contributed by atoms with E-state index >= 15 is 0 Å². The van der Waals surface area contributed by atoms with Crippen molar-refractivity contribution < 1.29 is 9.53 Å². The molecule has 0 aromatic heterocycles.